The van der Waals surface area contributed by atoms with Gasteiger partial charge in [0.05, 0.1) is 5.92 Å². The van der Waals surface area contributed by atoms with Gasteiger partial charge in [-0.15, -0.1) is 0 Å². The van der Waals surface area contributed by atoms with Gasteiger partial charge in [-0.25, -0.2) is 5.84 Å². The molecule has 0 unspecified atom stereocenters. The summed E-state index contributed by atoms with van der Waals surface area (Å²) < 4.78 is 0. The van der Waals surface area contributed by atoms with Crippen LogP contribution in [0.5, 0.6) is 0 Å². The lowest BCUT2D eigenvalue weighted by molar-refractivity contribution is -0.129. The first-order chi connectivity index (χ1) is 6.22. The number of amides is 2. The summed E-state index contributed by atoms with van der Waals surface area (Å²) in [5.41, 5.74) is 2.09. The number of nitrogens with zero attached hydrogens (tertiary/aromatic N) is 1. The van der Waals surface area contributed by atoms with Gasteiger partial charge in [0.15, 0.2) is 0 Å². The topological polar surface area (TPSA) is 75.4 Å². The Morgan fingerprint density at radius 1 is 1.54 bits per heavy atom. The average Bonchev–Trinajstić information content (AvgIpc) is 2.89. The van der Waals surface area contributed by atoms with Gasteiger partial charge in [-0.1, -0.05) is 0 Å². The van der Waals surface area contributed by atoms with E-state index < -0.39 is 0 Å². The predicted octanol–water partition coefficient (Wildman–Crippen LogP) is -1.01. The number of hydrogen-bond acceptors (Lipinski definition) is 3. The van der Waals surface area contributed by atoms with Gasteiger partial charge >= 0.3 is 0 Å². The highest BCUT2D eigenvalue weighted by Gasteiger charge is 2.41. The lowest BCUT2D eigenvalue weighted by atomic mass is 10.1. The van der Waals surface area contributed by atoms with E-state index in [-0.39, 0.29) is 17.7 Å². The second-order valence-corrected chi connectivity index (χ2v) is 3.69. The molecule has 0 bridgehead atoms. The molecule has 0 aromatic rings. The fourth-order valence-corrected chi connectivity index (χ4v) is 1.76. The summed E-state index contributed by atoms with van der Waals surface area (Å²) >= 11 is 0. The van der Waals surface area contributed by atoms with Crippen LogP contribution in [0.2, 0.25) is 0 Å². The van der Waals surface area contributed by atoms with Gasteiger partial charge in [0, 0.05) is 19.0 Å². The molecule has 13 heavy (non-hydrogen) atoms. The maximum absolute atomic E-state index is 11.4. The number of hydrogen-bond donors (Lipinski definition) is 2. The zero-order valence-electron chi connectivity index (χ0n) is 7.32. The van der Waals surface area contributed by atoms with Crippen molar-refractivity contribution in [3.8, 4) is 0 Å². The molecule has 0 radical (unpaired) electrons. The predicted molar refractivity (Wildman–Crippen MR) is 45.2 cm³/mol. The molecule has 2 aliphatic rings. The summed E-state index contributed by atoms with van der Waals surface area (Å²) in [5.74, 6) is 4.64. The third-order valence-electron chi connectivity index (χ3n) is 2.66. The number of carbonyl (C=O) groups excluding carboxylic acids is 2. The van der Waals surface area contributed by atoms with Gasteiger partial charge in [0.1, 0.15) is 0 Å². The molecule has 0 aromatic carbocycles. The zero-order chi connectivity index (χ0) is 9.42. The standard InChI is InChI=1S/C8H13N3O2/c9-10-8(13)5-3-7(12)11(4-5)6-1-2-6/h5-6H,1-4,9H2,(H,10,13)/t5-/m1/s1. The van der Waals surface area contributed by atoms with Crippen molar-refractivity contribution < 1.29 is 9.59 Å². The second kappa shape index (κ2) is 2.99. The zero-order valence-corrected chi connectivity index (χ0v) is 7.32. The molecule has 2 fully saturated rings. The molecular weight excluding hydrogens is 170 g/mol. The number of nitrogens with two attached hydrogens (primary N) is 1. The van der Waals surface area contributed by atoms with Crippen molar-refractivity contribution in [2.45, 2.75) is 25.3 Å². The minimum Gasteiger partial charge on any atom is -0.339 e. The summed E-state index contributed by atoms with van der Waals surface area (Å²) in [4.78, 5) is 24.3. The van der Waals surface area contributed by atoms with E-state index in [1.54, 1.807) is 4.90 Å². The average molecular weight is 183 g/mol. The molecule has 1 aliphatic carbocycles. The summed E-state index contributed by atoms with van der Waals surface area (Å²) in [6.07, 6.45) is 2.49. The van der Waals surface area contributed by atoms with E-state index in [9.17, 15) is 9.59 Å². The van der Waals surface area contributed by atoms with Crippen molar-refractivity contribution in [2.24, 2.45) is 11.8 Å². The molecule has 0 spiro atoms. The highest BCUT2D eigenvalue weighted by atomic mass is 16.2. The van der Waals surface area contributed by atoms with Gasteiger partial charge in [0.2, 0.25) is 11.8 Å². The Kier molecular flexibility index (Phi) is 1.95. The minimum absolute atomic E-state index is 0.0936. The van der Waals surface area contributed by atoms with E-state index in [1.807, 2.05) is 0 Å². The molecule has 1 aliphatic heterocycles. The Hall–Kier alpha value is -1.10. The molecule has 5 nitrogen and oxygen atoms in total. The smallest absolute Gasteiger partial charge is 0.239 e. The quantitative estimate of drug-likeness (QED) is 0.327. The third kappa shape index (κ3) is 1.51. The molecule has 0 aromatic heterocycles. The lowest BCUT2D eigenvalue weighted by Crippen LogP contribution is -2.37. The Morgan fingerprint density at radius 3 is 2.77 bits per heavy atom. The van der Waals surface area contributed by atoms with Gasteiger partial charge in [0.25, 0.3) is 0 Å². The van der Waals surface area contributed by atoms with Gasteiger partial charge in [-0.05, 0) is 12.8 Å². The van der Waals surface area contributed by atoms with Gasteiger partial charge < -0.3 is 4.90 Å². The van der Waals surface area contributed by atoms with Crippen molar-refractivity contribution in [2.75, 3.05) is 6.54 Å². The van der Waals surface area contributed by atoms with Crippen LogP contribution >= 0.6 is 0 Å². The van der Waals surface area contributed by atoms with Crippen molar-refractivity contribution in [3.05, 3.63) is 0 Å². The molecule has 1 atom stereocenters. The molecule has 3 N–H and O–H groups in total. The van der Waals surface area contributed by atoms with E-state index >= 15 is 0 Å². The highest BCUT2D eigenvalue weighted by Crippen LogP contribution is 2.32. The van der Waals surface area contributed by atoms with E-state index in [0.29, 0.717) is 19.0 Å². The first-order valence-corrected chi connectivity index (χ1v) is 4.52. The molecule has 5 heteroatoms. The molecule has 1 saturated carbocycles. The number of nitrogens with one attached hydrogen (secondary N) is 1. The van der Waals surface area contributed by atoms with Crippen molar-refractivity contribution >= 4 is 11.8 Å². The largest absolute Gasteiger partial charge is 0.339 e. The van der Waals surface area contributed by atoms with E-state index in [0.717, 1.165) is 12.8 Å². The van der Waals surface area contributed by atoms with Crippen LogP contribution in [0, 0.1) is 5.92 Å². The Bertz CT molecular complexity index is 250. The third-order valence-corrected chi connectivity index (χ3v) is 2.66. The lowest BCUT2D eigenvalue weighted by Gasteiger charge is -2.14. The second-order valence-electron chi connectivity index (χ2n) is 3.69. The SMILES string of the molecule is NNC(=O)[C@@H]1CC(=O)N(C2CC2)C1. The summed E-state index contributed by atoms with van der Waals surface area (Å²) in [6, 6.07) is 0.406. The molecule has 1 heterocycles. The Morgan fingerprint density at radius 2 is 2.23 bits per heavy atom. The van der Waals surface area contributed by atoms with Crippen LogP contribution in [0.1, 0.15) is 19.3 Å². The number of carbonyl (C=O) groups is 2. The summed E-state index contributed by atoms with van der Waals surface area (Å²) in [5, 5.41) is 0. The number of hydrazine groups is 1. The molecular formula is C8H13N3O2. The van der Waals surface area contributed by atoms with Crippen LogP contribution in [0.15, 0.2) is 0 Å². The maximum atomic E-state index is 11.4. The van der Waals surface area contributed by atoms with Gasteiger partial charge in [-0.2, -0.15) is 0 Å². The summed E-state index contributed by atoms with van der Waals surface area (Å²) in [7, 11) is 0. The molecule has 2 amide bonds. The summed E-state index contributed by atoms with van der Waals surface area (Å²) in [6.45, 7) is 0.548. The number of likely N-dealkylation sites (tertiary alicyclic amines) is 1. The van der Waals surface area contributed by atoms with Crippen molar-refractivity contribution in [3.63, 3.8) is 0 Å². The van der Waals surface area contributed by atoms with Crippen molar-refractivity contribution in [1.82, 2.24) is 10.3 Å². The van der Waals surface area contributed by atoms with E-state index in [1.165, 1.54) is 0 Å². The number of rotatable bonds is 2. The van der Waals surface area contributed by atoms with Crippen LogP contribution in [-0.4, -0.2) is 29.3 Å². The van der Waals surface area contributed by atoms with E-state index in [2.05, 4.69) is 5.43 Å². The first-order valence-electron chi connectivity index (χ1n) is 4.52. The maximum Gasteiger partial charge on any atom is 0.239 e. The molecule has 2 rings (SSSR count). The van der Waals surface area contributed by atoms with Crippen LogP contribution < -0.4 is 11.3 Å². The van der Waals surface area contributed by atoms with Crippen LogP contribution in [0.3, 0.4) is 0 Å². The molecule has 72 valence electrons. The minimum atomic E-state index is -0.238. The first kappa shape index (κ1) is 8.50. The van der Waals surface area contributed by atoms with Crippen LogP contribution in [0.4, 0.5) is 0 Å². The molecule has 1 saturated heterocycles. The van der Waals surface area contributed by atoms with Gasteiger partial charge in [-0.3, -0.25) is 15.0 Å². The fourth-order valence-electron chi connectivity index (χ4n) is 1.76. The fraction of sp³-hybridized carbons (Fsp3) is 0.750. The normalized spacial score (nSPS) is 27.9. The van der Waals surface area contributed by atoms with E-state index in [4.69, 9.17) is 5.84 Å². The Labute approximate surface area is 76.2 Å². The van der Waals surface area contributed by atoms with Crippen LogP contribution in [-0.2, 0) is 9.59 Å². The van der Waals surface area contributed by atoms with Crippen LogP contribution in [0.25, 0.3) is 0 Å². The Balaban J connectivity index is 1.97. The monoisotopic (exact) mass is 183 g/mol. The van der Waals surface area contributed by atoms with Crippen molar-refractivity contribution in [1.29, 1.82) is 0 Å². The highest BCUT2D eigenvalue weighted by molar-refractivity contribution is 5.89.